The standard InChI is InChI=1S/C16H15N3OS/c1-12-8-14(11-21-12)16(20)18-15-5-2-4-13(9-15)10-19-7-3-6-17-19/h2-9,11H,10H2,1H3,(H,18,20). The Kier molecular flexibility index (Phi) is 3.83. The van der Waals surface area contributed by atoms with Gasteiger partial charge in [0.25, 0.3) is 5.91 Å². The zero-order valence-electron chi connectivity index (χ0n) is 11.6. The third kappa shape index (κ3) is 3.38. The zero-order valence-corrected chi connectivity index (χ0v) is 12.4. The minimum atomic E-state index is -0.0735. The van der Waals surface area contributed by atoms with Gasteiger partial charge in [-0.1, -0.05) is 12.1 Å². The summed E-state index contributed by atoms with van der Waals surface area (Å²) in [6.45, 7) is 2.68. The largest absolute Gasteiger partial charge is 0.322 e. The minimum Gasteiger partial charge on any atom is -0.322 e. The topological polar surface area (TPSA) is 46.9 Å². The predicted octanol–water partition coefficient (Wildman–Crippen LogP) is 3.55. The van der Waals surface area contributed by atoms with E-state index in [1.54, 1.807) is 17.5 Å². The molecule has 0 aliphatic carbocycles. The molecule has 0 aliphatic rings. The van der Waals surface area contributed by atoms with Gasteiger partial charge in [-0.05, 0) is 36.8 Å². The van der Waals surface area contributed by atoms with Gasteiger partial charge in [0.15, 0.2) is 0 Å². The van der Waals surface area contributed by atoms with Crippen LogP contribution < -0.4 is 5.32 Å². The molecule has 5 heteroatoms. The minimum absolute atomic E-state index is 0.0735. The first-order valence-electron chi connectivity index (χ1n) is 6.63. The predicted molar refractivity (Wildman–Crippen MR) is 84.8 cm³/mol. The first kappa shape index (κ1) is 13.6. The van der Waals surface area contributed by atoms with E-state index in [-0.39, 0.29) is 5.91 Å². The molecule has 21 heavy (non-hydrogen) atoms. The van der Waals surface area contributed by atoms with Crippen LogP contribution in [0, 0.1) is 6.92 Å². The number of anilines is 1. The van der Waals surface area contributed by atoms with Crippen molar-refractivity contribution in [2.75, 3.05) is 5.32 Å². The summed E-state index contributed by atoms with van der Waals surface area (Å²) in [5.41, 5.74) is 2.60. The van der Waals surface area contributed by atoms with Gasteiger partial charge in [0.2, 0.25) is 0 Å². The van der Waals surface area contributed by atoms with E-state index in [1.807, 2.05) is 59.6 Å². The van der Waals surface area contributed by atoms with Crippen LogP contribution in [-0.4, -0.2) is 15.7 Å². The number of nitrogens with one attached hydrogen (secondary N) is 1. The van der Waals surface area contributed by atoms with Crippen molar-refractivity contribution in [3.05, 3.63) is 70.2 Å². The van der Waals surface area contributed by atoms with E-state index in [0.29, 0.717) is 12.1 Å². The van der Waals surface area contributed by atoms with Crippen LogP contribution in [0.1, 0.15) is 20.8 Å². The number of aryl methyl sites for hydroxylation is 1. The SMILES string of the molecule is Cc1cc(C(=O)Nc2cccc(Cn3cccn3)c2)cs1. The fraction of sp³-hybridized carbons (Fsp3) is 0.125. The van der Waals surface area contributed by atoms with Gasteiger partial charge < -0.3 is 5.32 Å². The molecule has 0 fully saturated rings. The molecule has 2 aromatic heterocycles. The van der Waals surface area contributed by atoms with Crippen molar-refractivity contribution in [2.45, 2.75) is 13.5 Å². The average molecular weight is 297 g/mol. The van der Waals surface area contributed by atoms with Crippen molar-refractivity contribution >= 4 is 22.9 Å². The third-order valence-corrected chi connectivity index (χ3v) is 3.94. The van der Waals surface area contributed by atoms with Gasteiger partial charge in [-0.25, -0.2) is 0 Å². The summed E-state index contributed by atoms with van der Waals surface area (Å²) in [6.07, 6.45) is 3.67. The Labute approximate surface area is 127 Å². The molecule has 1 N–H and O–H groups in total. The highest BCUT2D eigenvalue weighted by Gasteiger charge is 2.08. The summed E-state index contributed by atoms with van der Waals surface area (Å²) >= 11 is 1.58. The van der Waals surface area contributed by atoms with Crippen LogP contribution in [0.15, 0.2) is 54.2 Å². The normalized spacial score (nSPS) is 10.5. The lowest BCUT2D eigenvalue weighted by atomic mass is 10.2. The quantitative estimate of drug-likeness (QED) is 0.800. The number of nitrogens with zero attached hydrogens (tertiary/aromatic N) is 2. The van der Waals surface area contributed by atoms with Gasteiger partial charge in [0.05, 0.1) is 12.1 Å². The lowest BCUT2D eigenvalue weighted by Gasteiger charge is -2.07. The molecule has 4 nitrogen and oxygen atoms in total. The maximum absolute atomic E-state index is 12.1. The van der Waals surface area contributed by atoms with Crippen molar-refractivity contribution in [3.8, 4) is 0 Å². The number of carbonyl (C=O) groups is 1. The number of aromatic nitrogens is 2. The summed E-state index contributed by atoms with van der Waals surface area (Å²) in [5.74, 6) is -0.0735. The maximum atomic E-state index is 12.1. The molecule has 0 aliphatic heterocycles. The van der Waals surface area contributed by atoms with Crippen LogP contribution in [0.5, 0.6) is 0 Å². The van der Waals surface area contributed by atoms with Gasteiger partial charge in [0.1, 0.15) is 0 Å². The van der Waals surface area contributed by atoms with E-state index in [0.717, 1.165) is 16.1 Å². The number of hydrogen-bond acceptors (Lipinski definition) is 3. The first-order chi connectivity index (χ1) is 10.2. The molecule has 3 aromatic rings. The number of hydrogen-bond donors (Lipinski definition) is 1. The summed E-state index contributed by atoms with van der Waals surface area (Å²) in [7, 11) is 0. The summed E-state index contributed by atoms with van der Waals surface area (Å²) in [5, 5.41) is 8.99. The molecule has 1 aromatic carbocycles. The molecule has 0 bridgehead atoms. The fourth-order valence-corrected chi connectivity index (χ4v) is 2.78. The Morgan fingerprint density at radius 1 is 1.33 bits per heavy atom. The van der Waals surface area contributed by atoms with Crippen LogP contribution in [-0.2, 0) is 6.54 Å². The fourth-order valence-electron chi connectivity index (χ4n) is 2.09. The second-order valence-electron chi connectivity index (χ2n) is 4.80. The van der Waals surface area contributed by atoms with E-state index in [9.17, 15) is 4.79 Å². The summed E-state index contributed by atoms with van der Waals surface area (Å²) < 4.78 is 1.85. The van der Waals surface area contributed by atoms with Gasteiger partial charge in [-0.3, -0.25) is 9.48 Å². The number of carbonyl (C=O) groups excluding carboxylic acids is 1. The second-order valence-corrected chi connectivity index (χ2v) is 5.92. The molecule has 1 amide bonds. The number of benzene rings is 1. The lowest BCUT2D eigenvalue weighted by Crippen LogP contribution is -2.11. The van der Waals surface area contributed by atoms with Crippen molar-refractivity contribution < 1.29 is 4.79 Å². The Hall–Kier alpha value is -2.40. The molecule has 0 saturated carbocycles. The highest BCUT2D eigenvalue weighted by molar-refractivity contribution is 7.10. The number of thiophene rings is 1. The monoisotopic (exact) mass is 297 g/mol. The van der Waals surface area contributed by atoms with E-state index in [1.165, 1.54) is 0 Å². The maximum Gasteiger partial charge on any atom is 0.256 e. The molecular formula is C16H15N3OS. The van der Waals surface area contributed by atoms with Crippen LogP contribution in [0.4, 0.5) is 5.69 Å². The third-order valence-electron chi connectivity index (χ3n) is 3.08. The Morgan fingerprint density at radius 3 is 2.95 bits per heavy atom. The van der Waals surface area contributed by atoms with E-state index >= 15 is 0 Å². The van der Waals surface area contributed by atoms with E-state index < -0.39 is 0 Å². The van der Waals surface area contributed by atoms with Gasteiger partial charge in [-0.2, -0.15) is 5.10 Å². The van der Waals surface area contributed by atoms with Gasteiger partial charge in [-0.15, -0.1) is 11.3 Å². The van der Waals surface area contributed by atoms with Crippen molar-refractivity contribution in [3.63, 3.8) is 0 Å². The van der Waals surface area contributed by atoms with Crippen LogP contribution in [0.3, 0.4) is 0 Å². The van der Waals surface area contributed by atoms with Crippen molar-refractivity contribution in [1.29, 1.82) is 0 Å². The highest BCUT2D eigenvalue weighted by Crippen LogP contribution is 2.16. The molecule has 0 unspecified atom stereocenters. The molecule has 0 spiro atoms. The number of rotatable bonds is 4. The highest BCUT2D eigenvalue weighted by atomic mass is 32.1. The molecule has 0 saturated heterocycles. The molecule has 3 rings (SSSR count). The smallest absolute Gasteiger partial charge is 0.256 e. The Bertz CT molecular complexity index is 746. The summed E-state index contributed by atoms with van der Waals surface area (Å²) in [4.78, 5) is 13.3. The second kappa shape index (κ2) is 5.93. The molecule has 106 valence electrons. The van der Waals surface area contributed by atoms with E-state index in [4.69, 9.17) is 0 Å². The van der Waals surface area contributed by atoms with E-state index in [2.05, 4.69) is 10.4 Å². The van der Waals surface area contributed by atoms with Crippen LogP contribution >= 0.6 is 11.3 Å². The molecular weight excluding hydrogens is 282 g/mol. The number of amides is 1. The van der Waals surface area contributed by atoms with Crippen molar-refractivity contribution in [1.82, 2.24) is 9.78 Å². The van der Waals surface area contributed by atoms with Gasteiger partial charge >= 0.3 is 0 Å². The Balaban J connectivity index is 1.72. The average Bonchev–Trinajstić information content (AvgIpc) is 3.11. The van der Waals surface area contributed by atoms with Crippen molar-refractivity contribution in [2.24, 2.45) is 0 Å². The molecule has 2 heterocycles. The lowest BCUT2D eigenvalue weighted by molar-refractivity contribution is 0.102. The van der Waals surface area contributed by atoms with Crippen LogP contribution in [0.25, 0.3) is 0 Å². The molecule has 0 radical (unpaired) electrons. The first-order valence-corrected chi connectivity index (χ1v) is 7.51. The zero-order chi connectivity index (χ0) is 14.7. The molecule has 0 atom stereocenters. The summed E-state index contributed by atoms with van der Waals surface area (Å²) in [6, 6.07) is 11.6. The Morgan fingerprint density at radius 2 is 2.24 bits per heavy atom. The van der Waals surface area contributed by atoms with Gasteiger partial charge in [0, 0.05) is 28.3 Å². The van der Waals surface area contributed by atoms with Crippen LogP contribution in [0.2, 0.25) is 0 Å².